The molecule has 0 bridgehead atoms. The van der Waals surface area contributed by atoms with Crippen molar-refractivity contribution in [2.45, 2.75) is 13.0 Å². The normalized spacial score (nSPS) is 11.7. The zero-order valence-electron chi connectivity index (χ0n) is 9.29. The van der Waals surface area contributed by atoms with Crippen LogP contribution in [0.15, 0.2) is 30.9 Å². The Morgan fingerprint density at radius 3 is 2.88 bits per heavy atom. The lowest BCUT2D eigenvalue weighted by Gasteiger charge is -2.14. The minimum Gasteiger partial charge on any atom is -0.494 e. The first kappa shape index (κ1) is 12.2. The van der Waals surface area contributed by atoms with Crippen molar-refractivity contribution in [1.82, 2.24) is 5.32 Å². The van der Waals surface area contributed by atoms with E-state index in [9.17, 15) is 9.18 Å². The molecule has 3 nitrogen and oxygen atoms in total. The highest BCUT2D eigenvalue weighted by atomic mass is 19.1. The predicted octanol–water partition coefficient (Wildman–Crippen LogP) is 2.20. The van der Waals surface area contributed by atoms with Crippen LogP contribution in [0.1, 0.15) is 18.5 Å². The summed E-state index contributed by atoms with van der Waals surface area (Å²) in [5.74, 6) is -0.526. The molecule has 1 atom stereocenters. The lowest BCUT2D eigenvalue weighted by molar-refractivity contribution is -0.117. The zero-order valence-corrected chi connectivity index (χ0v) is 9.29. The molecule has 0 aliphatic carbocycles. The molecule has 1 unspecified atom stereocenters. The Kier molecular flexibility index (Phi) is 4.05. The lowest BCUT2D eigenvalue weighted by Crippen LogP contribution is -2.24. The molecule has 0 fully saturated rings. The zero-order chi connectivity index (χ0) is 12.1. The molecule has 0 aromatic heterocycles. The summed E-state index contributed by atoms with van der Waals surface area (Å²) in [7, 11) is 1.40. The largest absolute Gasteiger partial charge is 0.494 e. The van der Waals surface area contributed by atoms with Crippen LogP contribution in [0.2, 0.25) is 0 Å². The van der Waals surface area contributed by atoms with Crippen molar-refractivity contribution >= 4 is 5.91 Å². The molecule has 4 heteroatoms. The van der Waals surface area contributed by atoms with Gasteiger partial charge in [0.1, 0.15) is 0 Å². The topological polar surface area (TPSA) is 38.3 Å². The molecular weight excluding hydrogens is 209 g/mol. The summed E-state index contributed by atoms with van der Waals surface area (Å²) in [4.78, 5) is 11.1. The number of hydrogen-bond donors (Lipinski definition) is 1. The maximum Gasteiger partial charge on any atom is 0.243 e. The average Bonchev–Trinajstić information content (AvgIpc) is 2.29. The first-order valence-electron chi connectivity index (χ1n) is 4.85. The molecule has 0 radical (unpaired) electrons. The summed E-state index contributed by atoms with van der Waals surface area (Å²) in [6.07, 6.45) is 1.19. The summed E-state index contributed by atoms with van der Waals surface area (Å²) < 4.78 is 18.0. The van der Waals surface area contributed by atoms with E-state index in [1.165, 1.54) is 19.3 Å². The van der Waals surface area contributed by atoms with Crippen molar-refractivity contribution in [2.24, 2.45) is 0 Å². The highest BCUT2D eigenvalue weighted by Gasteiger charge is 2.10. The van der Waals surface area contributed by atoms with E-state index in [4.69, 9.17) is 4.74 Å². The van der Waals surface area contributed by atoms with Crippen LogP contribution in [0.4, 0.5) is 4.39 Å². The summed E-state index contributed by atoms with van der Waals surface area (Å²) in [5.41, 5.74) is 0.772. The molecule has 0 aliphatic rings. The second kappa shape index (κ2) is 5.30. The van der Waals surface area contributed by atoms with Crippen molar-refractivity contribution in [3.63, 3.8) is 0 Å². The summed E-state index contributed by atoms with van der Waals surface area (Å²) in [5, 5.41) is 2.68. The van der Waals surface area contributed by atoms with E-state index in [1.807, 2.05) is 0 Å². The van der Waals surface area contributed by atoms with Gasteiger partial charge in [0.15, 0.2) is 11.6 Å². The number of ether oxygens (including phenoxy) is 1. The first-order valence-corrected chi connectivity index (χ1v) is 4.85. The van der Waals surface area contributed by atoms with E-state index in [-0.39, 0.29) is 17.7 Å². The van der Waals surface area contributed by atoms with Gasteiger partial charge in [-0.2, -0.15) is 0 Å². The molecule has 1 N–H and O–H groups in total. The molecule has 0 heterocycles. The number of halogens is 1. The number of benzene rings is 1. The third kappa shape index (κ3) is 2.82. The maximum atomic E-state index is 13.1. The molecule has 1 aromatic rings. The number of hydrogen-bond acceptors (Lipinski definition) is 2. The van der Waals surface area contributed by atoms with Gasteiger partial charge in [-0.05, 0) is 30.7 Å². The Balaban J connectivity index is 2.87. The monoisotopic (exact) mass is 223 g/mol. The van der Waals surface area contributed by atoms with Gasteiger partial charge in [0, 0.05) is 0 Å². The van der Waals surface area contributed by atoms with Gasteiger partial charge < -0.3 is 10.1 Å². The second-order valence-corrected chi connectivity index (χ2v) is 3.33. The summed E-state index contributed by atoms with van der Waals surface area (Å²) in [6.45, 7) is 5.16. The van der Waals surface area contributed by atoms with Crippen LogP contribution in [-0.2, 0) is 4.79 Å². The van der Waals surface area contributed by atoms with Gasteiger partial charge >= 0.3 is 0 Å². The third-order valence-corrected chi connectivity index (χ3v) is 2.22. The molecule has 86 valence electrons. The highest BCUT2D eigenvalue weighted by molar-refractivity contribution is 5.87. The van der Waals surface area contributed by atoms with Gasteiger partial charge in [-0.3, -0.25) is 4.79 Å². The van der Waals surface area contributed by atoms with E-state index in [0.717, 1.165) is 5.56 Å². The molecular formula is C12H14FNO2. The van der Waals surface area contributed by atoms with Crippen LogP contribution in [-0.4, -0.2) is 13.0 Å². The van der Waals surface area contributed by atoms with Gasteiger partial charge in [0.25, 0.3) is 0 Å². The van der Waals surface area contributed by atoms with Gasteiger partial charge in [0.05, 0.1) is 13.2 Å². The third-order valence-electron chi connectivity index (χ3n) is 2.22. The fourth-order valence-corrected chi connectivity index (χ4v) is 1.30. The first-order chi connectivity index (χ1) is 7.58. The molecule has 0 spiro atoms. The fraction of sp³-hybridized carbons (Fsp3) is 0.250. The van der Waals surface area contributed by atoms with Crippen LogP contribution in [0.5, 0.6) is 5.75 Å². The number of carbonyl (C=O) groups excluding carboxylic acids is 1. The molecule has 1 aromatic carbocycles. The van der Waals surface area contributed by atoms with E-state index in [2.05, 4.69) is 11.9 Å². The number of carbonyl (C=O) groups is 1. The van der Waals surface area contributed by atoms with Crippen molar-refractivity contribution in [3.8, 4) is 5.75 Å². The molecule has 1 rings (SSSR count). The number of nitrogens with one attached hydrogen (secondary N) is 1. The van der Waals surface area contributed by atoms with Crippen LogP contribution < -0.4 is 10.1 Å². The van der Waals surface area contributed by atoms with Gasteiger partial charge in [-0.15, -0.1) is 0 Å². The van der Waals surface area contributed by atoms with E-state index in [0.29, 0.717) is 0 Å². The maximum absolute atomic E-state index is 13.1. The standard InChI is InChI=1S/C12H14FNO2/c1-4-12(15)14-8(2)9-5-6-10(13)11(7-9)16-3/h4-8H,1H2,2-3H3,(H,14,15). The van der Waals surface area contributed by atoms with Crippen molar-refractivity contribution in [2.75, 3.05) is 7.11 Å². The van der Waals surface area contributed by atoms with E-state index >= 15 is 0 Å². The Hall–Kier alpha value is -1.84. The fourth-order valence-electron chi connectivity index (χ4n) is 1.30. The number of amides is 1. The average molecular weight is 223 g/mol. The van der Waals surface area contributed by atoms with Crippen LogP contribution in [0, 0.1) is 5.82 Å². The Morgan fingerprint density at radius 2 is 2.31 bits per heavy atom. The van der Waals surface area contributed by atoms with Crippen molar-refractivity contribution < 1.29 is 13.9 Å². The lowest BCUT2D eigenvalue weighted by atomic mass is 10.1. The Labute approximate surface area is 93.9 Å². The molecule has 16 heavy (non-hydrogen) atoms. The Bertz CT molecular complexity index is 404. The molecule has 0 aliphatic heterocycles. The van der Waals surface area contributed by atoms with Gasteiger partial charge in [-0.25, -0.2) is 4.39 Å². The van der Waals surface area contributed by atoms with Crippen LogP contribution in [0.25, 0.3) is 0 Å². The number of rotatable bonds is 4. The van der Waals surface area contributed by atoms with Crippen LogP contribution in [0.3, 0.4) is 0 Å². The number of methoxy groups -OCH3 is 1. The highest BCUT2D eigenvalue weighted by Crippen LogP contribution is 2.22. The minimum atomic E-state index is -0.423. The van der Waals surface area contributed by atoms with Crippen molar-refractivity contribution in [3.05, 3.63) is 42.2 Å². The molecule has 1 amide bonds. The molecule has 0 saturated carbocycles. The quantitative estimate of drug-likeness (QED) is 0.795. The van der Waals surface area contributed by atoms with E-state index < -0.39 is 5.82 Å². The van der Waals surface area contributed by atoms with E-state index in [1.54, 1.807) is 19.1 Å². The summed E-state index contributed by atoms with van der Waals surface area (Å²) >= 11 is 0. The minimum absolute atomic E-state index is 0.164. The van der Waals surface area contributed by atoms with Crippen molar-refractivity contribution in [1.29, 1.82) is 0 Å². The predicted molar refractivity (Wildman–Crippen MR) is 59.7 cm³/mol. The van der Waals surface area contributed by atoms with Crippen LogP contribution >= 0.6 is 0 Å². The smallest absolute Gasteiger partial charge is 0.243 e. The second-order valence-electron chi connectivity index (χ2n) is 3.33. The summed E-state index contributed by atoms with van der Waals surface area (Å²) in [6, 6.07) is 4.25. The SMILES string of the molecule is C=CC(=O)NC(C)c1ccc(F)c(OC)c1. The Morgan fingerprint density at radius 1 is 1.62 bits per heavy atom. The molecule has 0 saturated heterocycles. The van der Waals surface area contributed by atoms with Gasteiger partial charge in [-0.1, -0.05) is 12.6 Å². The van der Waals surface area contributed by atoms with Gasteiger partial charge in [0.2, 0.25) is 5.91 Å².